The molecule has 1 aliphatic carbocycles. The molecule has 0 bridgehead atoms. The lowest BCUT2D eigenvalue weighted by molar-refractivity contribution is -0.116. The zero-order chi connectivity index (χ0) is 24.5. The van der Waals surface area contributed by atoms with Crippen LogP contribution in [0, 0.1) is 0 Å². The SMILES string of the molecule is COC(=O)c1ccc(NC(=O)Cn2c(=O)n(Cc3ccco3)c(=O)c3c4c(sc32)CCCC4)cc1. The van der Waals surface area contributed by atoms with Crippen LogP contribution in [0.1, 0.15) is 39.4 Å². The molecule has 0 unspecified atom stereocenters. The largest absolute Gasteiger partial charge is 0.467 e. The van der Waals surface area contributed by atoms with Gasteiger partial charge in [0.1, 0.15) is 17.1 Å². The highest BCUT2D eigenvalue weighted by molar-refractivity contribution is 7.18. The van der Waals surface area contributed by atoms with Crippen molar-refractivity contribution in [3.05, 3.63) is 85.3 Å². The lowest BCUT2D eigenvalue weighted by atomic mass is 9.97. The molecule has 10 heteroatoms. The van der Waals surface area contributed by atoms with Crippen LogP contribution in [0.4, 0.5) is 5.69 Å². The molecule has 0 fully saturated rings. The van der Waals surface area contributed by atoms with Crippen molar-refractivity contribution >= 4 is 39.1 Å². The van der Waals surface area contributed by atoms with E-state index in [-0.39, 0.29) is 18.6 Å². The van der Waals surface area contributed by atoms with E-state index in [1.807, 2.05) is 0 Å². The molecule has 1 aromatic carbocycles. The van der Waals surface area contributed by atoms with E-state index in [2.05, 4.69) is 10.1 Å². The smallest absolute Gasteiger partial charge is 0.337 e. The number of thiophene rings is 1. The Morgan fingerprint density at radius 3 is 2.57 bits per heavy atom. The first-order chi connectivity index (χ1) is 17.0. The summed E-state index contributed by atoms with van der Waals surface area (Å²) in [4.78, 5) is 53.1. The van der Waals surface area contributed by atoms with Gasteiger partial charge in [-0.2, -0.15) is 0 Å². The number of hydrogen-bond donors (Lipinski definition) is 1. The van der Waals surface area contributed by atoms with E-state index < -0.39 is 17.6 Å². The van der Waals surface area contributed by atoms with Crippen molar-refractivity contribution in [1.29, 1.82) is 0 Å². The zero-order valence-electron chi connectivity index (χ0n) is 19.0. The highest BCUT2D eigenvalue weighted by Crippen LogP contribution is 2.34. The molecule has 5 rings (SSSR count). The van der Waals surface area contributed by atoms with Crippen LogP contribution in [0.5, 0.6) is 0 Å². The molecule has 3 aromatic heterocycles. The molecule has 4 aromatic rings. The minimum atomic E-state index is -0.561. The monoisotopic (exact) mass is 493 g/mol. The first kappa shape index (κ1) is 22.9. The van der Waals surface area contributed by atoms with Gasteiger partial charge in [-0.3, -0.25) is 18.7 Å². The molecular weight excluding hydrogens is 470 g/mol. The summed E-state index contributed by atoms with van der Waals surface area (Å²) in [5.74, 6) is -0.416. The Balaban J connectivity index is 1.52. The Morgan fingerprint density at radius 1 is 1.09 bits per heavy atom. The Hall–Kier alpha value is -3.92. The van der Waals surface area contributed by atoms with Gasteiger partial charge in [0, 0.05) is 10.6 Å². The number of anilines is 1. The predicted molar refractivity (Wildman–Crippen MR) is 131 cm³/mol. The molecule has 180 valence electrons. The molecule has 9 nitrogen and oxygen atoms in total. The first-order valence-electron chi connectivity index (χ1n) is 11.2. The number of rotatable bonds is 6. The van der Waals surface area contributed by atoms with E-state index in [9.17, 15) is 19.2 Å². The second kappa shape index (κ2) is 9.38. The van der Waals surface area contributed by atoms with Crippen LogP contribution < -0.4 is 16.6 Å². The molecule has 0 atom stereocenters. The average molecular weight is 494 g/mol. The van der Waals surface area contributed by atoms with Crippen LogP contribution in [0.3, 0.4) is 0 Å². The zero-order valence-corrected chi connectivity index (χ0v) is 19.9. The van der Waals surface area contributed by atoms with Crippen LogP contribution in [-0.2, 0) is 35.5 Å². The van der Waals surface area contributed by atoms with Crippen molar-refractivity contribution in [2.45, 2.75) is 38.8 Å². The van der Waals surface area contributed by atoms with E-state index in [4.69, 9.17) is 4.42 Å². The van der Waals surface area contributed by atoms with Crippen molar-refractivity contribution in [2.24, 2.45) is 0 Å². The molecule has 35 heavy (non-hydrogen) atoms. The van der Waals surface area contributed by atoms with Crippen molar-refractivity contribution in [3.63, 3.8) is 0 Å². The number of carbonyl (C=O) groups is 2. The predicted octanol–water partition coefficient (Wildman–Crippen LogP) is 3.17. The van der Waals surface area contributed by atoms with Gasteiger partial charge in [-0.25, -0.2) is 9.59 Å². The van der Waals surface area contributed by atoms with E-state index >= 15 is 0 Å². The van der Waals surface area contributed by atoms with Crippen LogP contribution >= 0.6 is 11.3 Å². The van der Waals surface area contributed by atoms with Crippen molar-refractivity contribution < 1.29 is 18.7 Å². The third-order valence-corrected chi connectivity index (χ3v) is 7.42. The van der Waals surface area contributed by atoms with Gasteiger partial charge >= 0.3 is 11.7 Å². The Bertz CT molecular complexity index is 1530. The number of benzene rings is 1. The summed E-state index contributed by atoms with van der Waals surface area (Å²) in [6, 6.07) is 9.66. The van der Waals surface area contributed by atoms with E-state index in [1.165, 1.54) is 29.3 Å². The number of hydrogen-bond acceptors (Lipinski definition) is 7. The second-order valence-electron chi connectivity index (χ2n) is 8.35. The number of nitrogens with zero attached hydrogens (tertiary/aromatic N) is 2. The Kier molecular flexibility index (Phi) is 6.12. The highest BCUT2D eigenvalue weighted by Gasteiger charge is 2.25. The number of esters is 1. The fourth-order valence-electron chi connectivity index (χ4n) is 4.41. The summed E-state index contributed by atoms with van der Waals surface area (Å²) in [5.41, 5.74) is 0.908. The van der Waals surface area contributed by atoms with Crippen LogP contribution in [0.25, 0.3) is 10.2 Å². The van der Waals surface area contributed by atoms with E-state index in [0.29, 0.717) is 27.2 Å². The summed E-state index contributed by atoms with van der Waals surface area (Å²) in [5, 5.41) is 3.28. The summed E-state index contributed by atoms with van der Waals surface area (Å²) in [6.45, 7) is -0.270. The van der Waals surface area contributed by atoms with Crippen molar-refractivity contribution in [2.75, 3.05) is 12.4 Å². The van der Waals surface area contributed by atoms with Crippen molar-refractivity contribution in [1.82, 2.24) is 9.13 Å². The van der Waals surface area contributed by atoms with Gasteiger partial charge in [0.25, 0.3) is 5.56 Å². The Labute approximate surface area is 203 Å². The van der Waals surface area contributed by atoms with Gasteiger partial charge in [0.05, 0.1) is 30.9 Å². The van der Waals surface area contributed by atoms with Crippen LogP contribution in [0.2, 0.25) is 0 Å². The van der Waals surface area contributed by atoms with E-state index in [1.54, 1.807) is 36.4 Å². The number of aryl methyl sites for hydroxylation is 2. The molecular formula is C25H23N3O6S. The fraction of sp³-hybridized carbons (Fsp3) is 0.280. The number of ether oxygens (including phenoxy) is 1. The number of amides is 1. The number of methoxy groups -OCH3 is 1. The van der Waals surface area contributed by atoms with E-state index in [0.717, 1.165) is 40.7 Å². The summed E-state index contributed by atoms with van der Waals surface area (Å²) < 4.78 is 12.6. The van der Waals surface area contributed by atoms with Gasteiger partial charge < -0.3 is 14.5 Å². The lowest BCUT2D eigenvalue weighted by Crippen LogP contribution is -2.41. The second-order valence-corrected chi connectivity index (χ2v) is 9.43. The lowest BCUT2D eigenvalue weighted by Gasteiger charge is -2.13. The number of nitrogens with one attached hydrogen (secondary N) is 1. The van der Waals surface area contributed by atoms with Gasteiger partial charge in [0.15, 0.2) is 0 Å². The van der Waals surface area contributed by atoms with Crippen molar-refractivity contribution in [3.8, 4) is 0 Å². The third-order valence-electron chi connectivity index (χ3n) is 6.10. The minimum Gasteiger partial charge on any atom is -0.467 e. The normalized spacial score (nSPS) is 12.9. The van der Waals surface area contributed by atoms with Crippen LogP contribution in [-0.4, -0.2) is 28.1 Å². The topological polar surface area (TPSA) is 113 Å². The van der Waals surface area contributed by atoms with Gasteiger partial charge in [-0.05, 0) is 67.6 Å². The molecule has 1 aliphatic rings. The molecule has 3 heterocycles. The summed E-state index contributed by atoms with van der Waals surface area (Å²) in [6.07, 6.45) is 5.15. The maximum absolute atomic E-state index is 13.4. The first-order valence-corrected chi connectivity index (χ1v) is 12.1. The van der Waals surface area contributed by atoms with Gasteiger partial charge in [-0.1, -0.05) is 0 Å². The molecule has 1 amide bonds. The fourth-order valence-corrected chi connectivity index (χ4v) is 5.78. The van der Waals surface area contributed by atoms with Gasteiger partial charge in [0.2, 0.25) is 5.91 Å². The maximum Gasteiger partial charge on any atom is 0.337 e. The van der Waals surface area contributed by atoms with Crippen LogP contribution in [0.15, 0.2) is 56.7 Å². The Morgan fingerprint density at radius 2 is 1.86 bits per heavy atom. The molecule has 0 aliphatic heterocycles. The molecule has 0 saturated heterocycles. The number of fused-ring (bicyclic) bond motifs is 3. The number of furan rings is 1. The maximum atomic E-state index is 13.4. The van der Waals surface area contributed by atoms with Gasteiger partial charge in [-0.15, -0.1) is 11.3 Å². The molecule has 1 N–H and O–H groups in total. The summed E-state index contributed by atoms with van der Waals surface area (Å²) >= 11 is 1.42. The average Bonchev–Trinajstić information content (AvgIpc) is 3.52. The number of aromatic nitrogens is 2. The quantitative estimate of drug-likeness (QED) is 0.413. The highest BCUT2D eigenvalue weighted by atomic mass is 32.1. The molecule has 0 spiro atoms. The molecule has 0 saturated carbocycles. The summed E-state index contributed by atoms with van der Waals surface area (Å²) in [7, 11) is 1.30. The third kappa shape index (κ3) is 4.32. The number of carbonyl (C=O) groups excluding carboxylic acids is 2. The minimum absolute atomic E-state index is 0.0121. The molecule has 0 radical (unpaired) electrons. The standard InChI is InChI=1S/C25H23N3O6S/c1-33-24(31)15-8-10-16(11-9-15)26-20(29)14-28-23-21(18-6-2-3-7-19(18)35-23)22(30)27(25(28)32)13-17-5-4-12-34-17/h4-5,8-12H,2-3,6-7,13-14H2,1H3,(H,26,29).